The normalized spacial score (nSPS) is 15.9. The summed E-state index contributed by atoms with van der Waals surface area (Å²) < 4.78 is 11.3. The molecule has 0 amide bonds. The molecule has 0 heterocycles. The lowest BCUT2D eigenvalue weighted by Crippen LogP contribution is -2.34. The summed E-state index contributed by atoms with van der Waals surface area (Å²) >= 11 is 0. The highest BCUT2D eigenvalue weighted by Crippen LogP contribution is 2.43. The molecule has 126 valence electrons. The summed E-state index contributed by atoms with van der Waals surface area (Å²) in [6.45, 7) is 2.81. The third-order valence-corrected chi connectivity index (χ3v) is 4.76. The third-order valence-electron chi connectivity index (χ3n) is 4.76. The number of carbonyl (C=O) groups is 1. The minimum absolute atomic E-state index is 0.0947. The van der Waals surface area contributed by atoms with Gasteiger partial charge in [0.05, 0.1) is 12.0 Å². The second-order valence-electron chi connectivity index (χ2n) is 6.31. The van der Waals surface area contributed by atoms with E-state index in [0.717, 1.165) is 42.6 Å². The molecule has 0 unspecified atom stereocenters. The highest BCUT2D eigenvalue weighted by molar-refractivity contribution is 5.83. The zero-order valence-corrected chi connectivity index (χ0v) is 14.2. The van der Waals surface area contributed by atoms with Gasteiger partial charge in [0.25, 0.3) is 0 Å². The summed E-state index contributed by atoms with van der Waals surface area (Å²) in [5.41, 5.74) is 1.65. The van der Waals surface area contributed by atoms with Crippen LogP contribution in [0.5, 0.6) is 5.75 Å². The van der Waals surface area contributed by atoms with Crippen LogP contribution < -0.4 is 4.74 Å². The summed E-state index contributed by atoms with van der Waals surface area (Å²) in [5, 5.41) is 0. The van der Waals surface area contributed by atoms with Gasteiger partial charge in [0.1, 0.15) is 12.4 Å². The first-order valence-electron chi connectivity index (χ1n) is 8.69. The largest absolute Gasteiger partial charge is 0.489 e. The molecule has 3 nitrogen and oxygen atoms in total. The predicted molar refractivity (Wildman–Crippen MR) is 94.0 cm³/mol. The Bertz CT molecular complexity index is 672. The smallest absolute Gasteiger partial charge is 0.316 e. The van der Waals surface area contributed by atoms with Gasteiger partial charge in [0.2, 0.25) is 0 Å². The van der Waals surface area contributed by atoms with Crippen LogP contribution in [0, 0.1) is 0 Å². The van der Waals surface area contributed by atoms with E-state index < -0.39 is 5.41 Å². The highest BCUT2D eigenvalue weighted by Gasteiger charge is 2.44. The van der Waals surface area contributed by atoms with E-state index in [-0.39, 0.29) is 5.97 Å². The van der Waals surface area contributed by atoms with Crippen LogP contribution in [-0.2, 0) is 21.6 Å². The van der Waals surface area contributed by atoms with Gasteiger partial charge >= 0.3 is 5.97 Å². The summed E-state index contributed by atoms with van der Waals surface area (Å²) in [4.78, 5) is 12.6. The lowest BCUT2D eigenvalue weighted by Gasteiger charge is -2.27. The van der Waals surface area contributed by atoms with E-state index in [4.69, 9.17) is 9.47 Å². The van der Waals surface area contributed by atoms with Crippen molar-refractivity contribution in [1.29, 1.82) is 0 Å². The molecular weight excluding hydrogens is 300 g/mol. The zero-order valence-electron chi connectivity index (χ0n) is 14.2. The Kier molecular flexibility index (Phi) is 5.19. The number of hydrogen-bond acceptors (Lipinski definition) is 3. The maximum Gasteiger partial charge on any atom is 0.316 e. The van der Waals surface area contributed by atoms with E-state index >= 15 is 0 Å². The van der Waals surface area contributed by atoms with E-state index in [1.165, 1.54) is 0 Å². The summed E-state index contributed by atoms with van der Waals surface area (Å²) in [5.74, 6) is 0.703. The molecule has 2 aromatic rings. The summed E-state index contributed by atoms with van der Waals surface area (Å²) in [7, 11) is 0. The lowest BCUT2D eigenvalue weighted by molar-refractivity contribution is -0.150. The number of benzene rings is 2. The molecule has 1 aliphatic rings. The van der Waals surface area contributed by atoms with Crippen molar-refractivity contribution in [3.05, 3.63) is 65.7 Å². The van der Waals surface area contributed by atoms with Gasteiger partial charge in [0.15, 0.2) is 0 Å². The van der Waals surface area contributed by atoms with Crippen LogP contribution in [-0.4, -0.2) is 12.6 Å². The molecule has 0 atom stereocenters. The number of carbonyl (C=O) groups excluding carboxylic acids is 1. The van der Waals surface area contributed by atoms with Crippen molar-refractivity contribution in [2.75, 3.05) is 6.61 Å². The summed E-state index contributed by atoms with van der Waals surface area (Å²) in [6, 6.07) is 18.0. The van der Waals surface area contributed by atoms with Crippen LogP contribution in [0.4, 0.5) is 0 Å². The van der Waals surface area contributed by atoms with Crippen molar-refractivity contribution in [3.8, 4) is 5.75 Å². The van der Waals surface area contributed by atoms with Crippen molar-refractivity contribution in [2.45, 2.75) is 44.6 Å². The van der Waals surface area contributed by atoms with E-state index in [0.29, 0.717) is 13.2 Å². The Labute approximate surface area is 143 Å². The van der Waals surface area contributed by atoms with Crippen LogP contribution >= 0.6 is 0 Å². The van der Waals surface area contributed by atoms with Crippen LogP contribution in [0.3, 0.4) is 0 Å². The fraction of sp³-hybridized carbons (Fsp3) is 0.381. The number of hydrogen-bond donors (Lipinski definition) is 0. The molecule has 1 fully saturated rings. The SMILES string of the molecule is CCOC(=O)C1(c2cccc(OCc3ccccc3)c2)CCCC1. The van der Waals surface area contributed by atoms with Gasteiger partial charge in [-0.25, -0.2) is 0 Å². The molecule has 1 aliphatic carbocycles. The average molecular weight is 324 g/mol. The van der Waals surface area contributed by atoms with Gasteiger partial charge in [0, 0.05) is 0 Å². The molecule has 0 saturated heterocycles. The van der Waals surface area contributed by atoms with Crippen LogP contribution in [0.15, 0.2) is 54.6 Å². The van der Waals surface area contributed by atoms with Gasteiger partial charge in [-0.15, -0.1) is 0 Å². The molecule has 0 radical (unpaired) electrons. The number of rotatable bonds is 6. The fourth-order valence-corrected chi connectivity index (χ4v) is 3.48. The van der Waals surface area contributed by atoms with Gasteiger partial charge < -0.3 is 9.47 Å². The lowest BCUT2D eigenvalue weighted by atomic mass is 9.79. The Morgan fingerprint density at radius 2 is 1.79 bits per heavy atom. The van der Waals surface area contributed by atoms with Crippen LogP contribution in [0.25, 0.3) is 0 Å². The number of ether oxygens (including phenoxy) is 2. The maximum atomic E-state index is 12.6. The van der Waals surface area contributed by atoms with Gasteiger partial charge in [-0.2, -0.15) is 0 Å². The first-order chi connectivity index (χ1) is 11.7. The molecule has 2 aromatic carbocycles. The molecular formula is C21H24O3. The Morgan fingerprint density at radius 1 is 1.04 bits per heavy atom. The second kappa shape index (κ2) is 7.52. The molecule has 0 N–H and O–H groups in total. The maximum absolute atomic E-state index is 12.6. The van der Waals surface area contributed by atoms with E-state index in [2.05, 4.69) is 0 Å². The highest BCUT2D eigenvalue weighted by atomic mass is 16.5. The Morgan fingerprint density at radius 3 is 2.50 bits per heavy atom. The van der Waals surface area contributed by atoms with Crippen molar-refractivity contribution in [2.24, 2.45) is 0 Å². The molecule has 3 rings (SSSR count). The molecule has 0 bridgehead atoms. The average Bonchev–Trinajstić information content (AvgIpc) is 3.13. The molecule has 0 aromatic heterocycles. The van der Waals surface area contributed by atoms with Gasteiger partial charge in [-0.1, -0.05) is 55.3 Å². The predicted octanol–water partition coefficient (Wildman–Crippen LogP) is 4.64. The monoisotopic (exact) mass is 324 g/mol. The van der Waals surface area contributed by atoms with Crippen molar-refractivity contribution in [1.82, 2.24) is 0 Å². The zero-order chi connectivity index (χ0) is 16.8. The third kappa shape index (κ3) is 3.45. The van der Waals surface area contributed by atoms with E-state index in [1.807, 2.05) is 61.5 Å². The molecule has 3 heteroatoms. The Hall–Kier alpha value is -2.29. The first-order valence-corrected chi connectivity index (χ1v) is 8.69. The van der Waals surface area contributed by atoms with E-state index in [9.17, 15) is 4.79 Å². The topological polar surface area (TPSA) is 35.5 Å². The minimum atomic E-state index is -0.498. The standard InChI is InChI=1S/C21H24O3/c1-2-23-20(22)21(13-6-7-14-21)18-11-8-12-19(15-18)24-16-17-9-4-3-5-10-17/h3-5,8-12,15H,2,6-7,13-14,16H2,1H3. The second-order valence-corrected chi connectivity index (χ2v) is 6.31. The summed E-state index contributed by atoms with van der Waals surface area (Å²) in [6.07, 6.45) is 3.84. The van der Waals surface area contributed by atoms with Gasteiger partial charge in [-0.05, 0) is 43.0 Å². The molecule has 0 spiro atoms. The van der Waals surface area contributed by atoms with Gasteiger partial charge in [-0.3, -0.25) is 4.79 Å². The minimum Gasteiger partial charge on any atom is -0.489 e. The van der Waals surface area contributed by atoms with Crippen molar-refractivity contribution >= 4 is 5.97 Å². The number of esters is 1. The van der Waals surface area contributed by atoms with Crippen LogP contribution in [0.1, 0.15) is 43.7 Å². The Balaban J connectivity index is 1.79. The molecule has 0 aliphatic heterocycles. The van der Waals surface area contributed by atoms with Crippen molar-refractivity contribution < 1.29 is 14.3 Å². The molecule has 1 saturated carbocycles. The first kappa shape index (κ1) is 16.6. The van der Waals surface area contributed by atoms with Crippen LogP contribution in [0.2, 0.25) is 0 Å². The van der Waals surface area contributed by atoms with Crippen molar-refractivity contribution in [3.63, 3.8) is 0 Å². The fourth-order valence-electron chi connectivity index (χ4n) is 3.48. The van der Waals surface area contributed by atoms with E-state index in [1.54, 1.807) is 0 Å². The quantitative estimate of drug-likeness (QED) is 0.726. The molecule has 24 heavy (non-hydrogen) atoms.